The fourth-order valence-corrected chi connectivity index (χ4v) is 1.95. The van der Waals surface area contributed by atoms with E-state index in [-0.39, 0.29) is 5.56 Å². The van der Waals surface area contributed by atoms with Crippen LogP contribution in [-0.4, -0.2) is 5.11 Å². The minimum Gasteiger partial charge on any atom is -0.505 e. The number of benzene rings is 1. The van der Waals surface area contributed by atoms with E-state index in [1.165, 1.54) is 0 Å². The third-order valence-electron chi connectivity index (χ3n) is 2.65. The Morgan fingerprint density at radius 2 is 2.14 bits per heavy atom. The first kappa shape index (κ1) is 9.40. The summed E-state index contributed by atoms with van der Waals surface area (Å²) in [6.07, 6.45) is 1.88. The number of hydrogen-bond donors (Lipinski definition) is 2. The third-order valence-corrected chi connectivity index (χ3v) is 2.65. The largest absolute Gasteiger partial charge is 0.505 e. The first-order valence-electron chi connectivity index (χ1n) is 4.56. The van der Waals surface area contributed by atoms with Crippen LogP contribution in [0.4, 0.5) is 8.78 Å². The van der Waals surface area contributed by atoms with Gasteiger partial charge in [0.2, 0.25) is 0 Å². The van der Waals surface area contributed by atoms with E-state index >= 15 is 0 Å². The van der Waals surface area contributed by atoms with E-state index in [1.54, 1.807) is 0 Å². The maximum atomic E-state index is 13.4. The molecule has 0 unspecified atom stereocenters. The van der Waals surface area contributed by atoms with Gasteiger partial charge in [-0.1, -0.05) is 0 Å². The Bertz CT molecular complexity index is 379. The molecular formula is C10H11F2NO. The summed E-state index contributed by atoms with van der Waals surface area (Å²) in [6.45, 7) is 0. The van der Waals surface area contributed by atoms with Crippen molar-refractivity contribution in [3.8, 4) is 5.75 Å². The normalized spacial score (nSPS) is 20.6. The molecule has 3 N–H and O–H groups in total. The second-order valence-corrected chi connectivity index (χ2v) is 3.58. The van der Waals surface area contributed by atoms with E-state index < -0.39 is 23.4 Å². The average Bonchev–Trinajstić information content (AvgIpc) is 2.14. The quantitative estimate of drug-likeness (QED) is 0.671. The van der Waals surface area contributed by atoms with Crippen LogP contribution in [-0.2, 0) is 6.42 Å². The van der Waals surface area contributed by atoms with Gasteiger partial charge < -0.3 is 10.8 Å². The van der Waals surface area contributed by atoms with Crippen LogP contribution in [0.15, 0.2) is 6.07 Å². The van der Waals surface area contributed by atoms with Gasteiger partial charge in [-0.05, 0) is 24.8 Å². The number of rotatable bonds is 0. The molecule has 0 aliphatic heterocycles. The molecule has 1 aromatic rings. The molecule has 0 saturated heterocycles. The average molecular weight is 199 g/mol. The summed E-state index contributed by atoms with van der Waals surface area (Å²) in [6, 6.07) is 0.312. The molecule has 0 amide bonds. The Hall–Kier alpha value is -1.16. The zero-order chi connectivity index (χ0) is 10.3. The first-order valence-corrected chi connectivity index (χ1v) is 4.56. The lowest BCUT2D eigenvalue weighted by Crippen LogP contribution is -2.20. The predicted molar refractivity (Wildman–Crippen MR) is 47.9 cm³/mol. The molecule has 1 aromatic carbocycles. The Morgan fingerprint density at radius 3 is 2.86 bits per heavy atom. The standard InChI is InChI=1S/C10H11F2NO/c11-6-4-8(14)10(12)9-5(6)2-1-3-7(9)13/h4,7,14H,1-3,13H2/t7-/m1/s1. The minimum absolute atomic E-state index is 0.147. The summed E-state index contributed by atoms with van der Waals surface area (Å²) in [7, 11) is 0. The van der Waals surface area contributed by atoms with Crippen LogP contribution >= 0.6 is 0 Å². The molecule has 2 rings (SSSR count). The van der Waals surface area contributed by atoms with Crippen molar-refractivity contribution in [1.29, 1.82) is 0 Å². The van der Waals surface area contributed by atoms with Gasteiger partial charge in [-0.2, -0.15) is 0 Å². The van der Waals surface area contributed by atoms with Gasteiger partial charge in [0.1, 0.15) is 5.82 Å². The number of nitrogens with two attached hydrogens (primary N) is 1. The van der Waals surface area contributed by atoms with Gasteiger partial charge in [-0.15, -0.1) is 0 Å². The van der Waals surface area contributed by atoms with Crippen molar-refractivity contribution < 1.29 is 13.9 Å². The number of aromatic hydroxyl groups is 1. The van der Waals surface area contributed by atoms with Gasteiger partial charge in [0.15, 0.2) is 11.6 Å². The minimum atomic E-state index is -0.770. The van der Waals surface area contributed by atoms with Crippen molar-refractivity contribution in [2.24, 2.45) is 5.73 Å². The summed E-state index contributed by atoms with van der Waals surface area (Å²) in [5, 5.41) is 9.10. The smallest absolute Gasteiger partial charge is 0.170 e. The summed E-state index contributed by atoms with van der Waals surface area (Å²) in [5.74, 6) is -1.98. The van der Waals surface area contributed by atoms with Crippen LogP contribution < -0.4 is 5.73 Å². The van der Waals surface area contributed by atoms with Crippen molar-refractivity contribution >= 4 is 0 Å². The number of phenols is 1. The molecule has 1 aliphatic carbocycles. The van der Waals surface area contributed by atoms with Crippen LogP contribution in [0.25, 0.3) is 0 Å². The van der Waals surface area contributed by atoms with Crippen molar-refractivity contribution in [2.75, 3.05) is 0 Å². The highest BCUT2D eigenvalue weighted by molar-refractivity contribution is 5.41. The molecular weight excluding hydrogens is 188 g/mol. The summed E-state index contributed by atoms with van der Waals surface area (Å²) in [4.78, 5) is 0. The van der Waals surface area contributed by atoms with Gasteiger partial charge >= 0.3 is 0 Å². The van der Waals surface area contributed by atoms with Crippen LogP contribution in [0.1, 0.15) is 30.0 Å². The number of fused-ring (bicyclic) bond motifs is 1. The van der Waals surface area contributed by atoms with E-state index in [0.717, 1.165) is 12.5 Å². The van der Waals surface area contributed by atoms with Gasteiger partial charge in [0.25, 0.3) is 0 Å². The van der Waals surface area contributed by atoms with Crippen LogP contribution in [0.2, 0.25) is 0 Å². The van der Waals surface area contributed by atoms with Crippen molar-refractivity contribution in [2.45, 2.75) is 25.3 Å². The topological polar surface area (TPSA) is 46.2 Å². The maximum Gasteiger partial charge on any atom is 0.170 e. The van der Waals surface area contributed by atoms with Gasteiger partial charge in [0.05, 0.1) is 0 Å². The Balaban J connectivity index is 2.67. The molecule has 0 radical (unpaired) electrons. The van der Waals surface area contributed by atoms with E-state index in [0.29, 0.717) is 18.4 Å². The van der Waals surface area contributed by atoms with Crippen LogP contribution in [0.3, 0.4) is 0 Å². The van der Waals surface area contributed by atoms with Crippen LogP contribution in [0.5, 0.6) is 5.75 Å². The lowest BCUT2D eigenvalue weighted by molar-refractivity contribution is 0.407. The summed E-state index contributed by atoms with van der Waals surface area (Å²) in [5.41, 5.74) is 6.13. The molecule has 0 bridgehead atoms. The second-order valence-electron chi connectivity index (χ2n) is 3.58. The highest BCUT2D eigenvalue weighted by atomic mass is 19.1. The fourth-order valence-electron chi connectivity index (χ4n) is 1.95. The molecule has 0 heterocycles. The maximum absolute atomic E-state index is 13.4. The van der Waals surface area contributed by atoms with Gasteiger partial charge in [0, 0.05) is 17.7 Å². The molecule has 0 saturated carbocycles. The first-order chi connectivity index (χ1) is 6.61. The van der Waals surface area contributed by atoms with Crippen LogP contribution in [0, 0.1) is 11.6 Å². The molecule has 76 valence electrons. The number of phenolic OH excluding ortho intramolecular Hbond substituents is 1. The third kappa shape index (κ3) is 1.26. The Kier molecular flexibility index (Phi) is 2.15. The molecule has 4 heteroatoms. The van der Waals surface area contributed by atoms with E-state index in [9.17, 15) is 8.78 Å². The molecule has 14 heavy (non-hydrogen) atoms. The van der Waals surface area contributed by atoms with Crippen molar-refractivity contribution in [3.05, 3.63) is 28.8 Å². The van der Waals surface area contributed by atoms with Crippen molar-refractivity contribution in [3.63, 3.8) is 0 Å². The molecule has 0 aromatic heterocycles. The monoisotopic (exact) mass is 199 g/mol. The van der Waals surface area contributed by atoms with Gasteiger partial charge in [-0.25, -0.2) is 8.78 Å². The molecule has 1 atom stereocenters. The van der Waals surface area contributed by atoms with E-state index in [2.05, 4.69) is 0 Å². The highest BCUT2D eigenvalue weighted by Gasteiger charge is 2.25. The highest BCUT2D eigenvalue weighted by Crippen LogP contribution is 2.35. The Morgan fingerprint density at radius 1 is 1.43 bits per heavy atom. The molecule has 1 aliphatic rings. The fraction of sp³-hybridized carbons (Fsp3) is 0.400. The lowest BCUT2D eigenvalue weighted by atomic mass is 9.87. The zero-order valence-electron chi connectivity index (χ0n) is 7.56. The molecule has 2 nitrogen and oxygen atoms in total. The predicted octanol–water partition coefficient (Wildman–Crippen LogP) is 2.01. The van der Waals surface area contributed by atoms with E-state index in [1.807, 2.05) is 0 Å². The second kappa shape index (κ2) is 3.20. The zero-order valence-corrected chi connectivity index (χ0v) is 7.56. The number of hydrogen-bond acceptors (Lipinski definition) is 2. The molecule has 0 spiro atoms. The summed E-state index contributed by atoms with van der Waals surface area (Å²) < 4.78 is 26.7. The summed E-state index contributed by atoms with van der Waals surface area (Å²) >= 11 is 0. The van der Waals surface area contributed by atoms with E-state index in [4.69, 9.17) is 10.8 Å². The van der Waals surface area contributed by atoms with Crippen molar-refractivity contribution in [1.82, 2.24) is 0 Å². The number of halogens is 2. The lowest BCUT2D eigenvalue weighted by Gasteiger charge is -2.23. The SMILES string of the molecule is N[C@@H]1CCCc2c(F)cc(O)c(F)c21. The molecule has 0 fully saturated rings. The van der Waals surface area contributed by atoms with Gasteiger partial charge in [-0.3, -0.25) is 0 Å². The Labute approximate surface area is 80.4 Å².